The van der Waals surface area contributed by atoms with E-state index in [1.54, 1.807) is 11.8 Å². The zero-order valence-electron chi connectivity index (χ0n) is 11.7. The lowest BCUT2D eigenvalue weighted by Crippen LogP contribution is -2.53. The predicted molar refractivity (Wildman–Crippen MR) is 71.0 cm³/mol. The van der Waals surface area contributed by atoms with Crippen LogP contribution in [-0.4, -0.2) is 53.3 Å². The molecule has 0 spiro atoms. The molecule has 0 saturated carbocycles. The van der Waals surface area contributed by atoms with E-state index in [2.05, 4.69) is 0 Å². The van der Waals surface area contributed by atoms with E-state index >= 15 is 0 Å². The Bertz CT molecular complexity index is 315. The van der Waals surface area contributed by atoms with Crippen molar-refractivity contribution in [3.8, 4) is 0 Å². The summed E-state index contributed by atoms with van der Waals surface area (Å²) >= 11 is 0. The van der Waals surface area contributed by atoms with Crippen molar-refractivity contribution >= 4 is 11.8 Å². The Hall–Kier alpha value is -1.10. The maximum atomic E-state index is 12.2. The number of nitrogens with zero attached hydrogens (tertiary/aromatic N) is 2. The van der Waals surface area contributed by atoms with Crippen LogP contribution in [0.3, 0.4) is 0 Å². The Morgan fingerprint density at radius 3 is 2.22 bits per heavy atom. The Morgan fingerprint density at radius 2 is 1.67 bits per heavy atom. The molecule has 5 nitrogen and oxygen atoms in total. The largest absolute Gasteiger partial charge is 0.341 e. The fourth-order valence-corrected chi connectivity index (χ4v) is 2.11. The third-order valence-corrected chi connectivity index (χ3v) is 3.66. The van der Waals surface area contributed by atoms with Crippen LogP contribution in [0.1, 0.15) is 40.0 Å². The van der Waals surface area contributed by atoms with Gasteiger partial charge in [-0.15, -0.1) is 0 Å². The summed E-state index contributed by atoms with van der Waals surface area (Å²) in [5, 5.41) is 0. The Kier molecular flexibility index (Phi) is 5.14. The summed E-state index contributed by atoms with van der Waals surface area (Å²) in [5.74, 6) is 0.158. The van der Waals surface area contributed by atoms with Crippen LogP contribution in [0, 0.1) is 0 Å². The molecule has 1 aliphatic rings. The highest BCUT2D eigenvalue weighted by atomic mass is 16.2. The summed E-state index contributed by atoms with van der Waals surface area (Å²) in [7, 11) is 0. The summed E-state index contributed by atoms with van der Waals surface area (Å²) in [5.41, 5.74) is 5.20. The summed E-state index contributed by atoms with van der Waals surface area (Å²) in [6, 6.07) is 0. The molecule has 1 unspecified atom stereocenters. The molecule has 0 aromatic heterocycles. The monoisotopic (exact) mass is 255 g/mol. The Morgan fingerprint density at radius 1 is 1.11 bits per heavy atom. The SMILES string of the molecule is CCC(=O)N1CCCN(C(=O)C(C)(N)CC)CC1. The molecule has 0 aromatic carbocycles. The highest BCUT2D eigenvalue weighted by Gasteiger charge is 2.32. The smallest absolute Gasteiger partial charge is 0.242 e. The standard InChI is InChI=1S/C13H25N3O2/c1-4-11(17)15-7-6-8-16(10-9-15)12(18)13(3,14)5-2/h4-10,14H2,1-3H3. The minimum absolute atomic E-state index is 0.00389. The average Bonchev–Trinajstić information content (AvgIpc) is 2.62. The van der Waals surface area contributed by atoms with Crippen molar-refractivity contribution < 1.29 is 9.59 Å². The van der Waals surface area contributed by atoms with Crippen molar-refractivity contribution in [3.05, 3.63) is 0 Å². The van der Waals surface area contributed by atoms with Crippen molar-refractivity contribution in [2.45, 2.75) is 45.6 Å². The molecule has 2 N–H and O–H groups in total. The highest BCUT2D eigenvalue weighted by Crippen LogP contribution is 2.13. The second-order valence-corrected chi connectivity index (χ2v) is 5.15. The number of hydrogen-bond donors (Lipinski definition) is 1. The molecule has 0 bridgehead atoms. The molecule has 1 aliphatic heterocycles. The summed E-state index contributed by atoms with van der Waals surface area (Å²) in [6.07, 6.45) is 1.98. The van der Waals surface area contributed by atoms with Gasteiger partial charge in [0.2, 0.25) is 11.8 Å². The van der Waals surface area contributed by atoms with Crippen LogP contribution in [0.25, 0.3) is 0 Å². The van der Waals surface area contributed by atoms with Gasteiger partial charge in [0.25, 0.3) is 0 Å². The summed E-state index contributed by atoms with van der Waals surface area (Å²) in [4.78, 5) is 27.5. The lowest BCUT2D eigenvalue weighted by atomic mass is 9.98. The second kappa shape index (κ2) is 6.18. The molecule has 1 rings (SSSR count). The first-order valence-electron chi connectivity index (χ1n) is 6.78. The maximum absolute atomic E-state index is 12.2. The van der Waals surface area contributed by atoms with Crippen LogP contribution < -0.4 is 5.73 Å². The van der Waals surface area contributed by atoms with Crippen LogP contribution in [0.15, 0.2) is 0 Å². The first-order valence-corrected chi connectivity index (χ1v) is 6.78. The zero-order valence-corrected chi connectivity index (χ0v) is 11.7. The normalized spacial score (nSPS) is 20.2. The maximum Gasteiger partial charge on any atom is 0.242 e. The first-order chi connectivity index (χ1) is 8.42. The van der Waals surface area contributed by atoms with Crippen LogP contribution in [0.2, 0.25) is 0 Å². The van der Waals surface area contributed by atoms with Gasteiger partial charge in [0, 0.05) is 32.6 Å². The van der Waals surface area contributed by atoms with Crippen molar-refractivity contribution in [3.63, 3.8) is 0 Å². The Labute approximate surface area is 109 Å². The molecule has 104 valence electrons. The highest BCUT2D eigenvalue weighted by molar-refractivity contribution is 5.85. The molecule has 5 heteroatoms. The van der Waals surface area contributed by atoms with E-state index in [0.29, 0.717) is 32.5 Å². The average molecular weight is 255 g/mol. The van der Waals surface area contributed by atoms with Gasteiger partial charge in [-0.25, -0.2) is 0 Å². The molecule has 1 saturated heterocycles. The van der Waals surface area contributed by atoms with Gasteiger partial charge >= 0.3 is 0 Å². The van der Waals surface area contributed by atoms with E-state index < -0.39 is 5.54 Å². The number of hydrogen-bond acceptors (Lipinski definition) is 3. The van der Waals surface area contributed by atoms with E-state index in [-0.39, 0.29) is 11.8 Å². The topological polar surface area (TPSA) is 66.6 Å². The number of rotatable bonds is 3. The molecule has 1 atom stereocenters. The van der Waals surface area contributed by atoms with E-state index in [4.69, 9.17) is 5.73 Å². The van der Waals surface area contributed by atoms with E-state index in [0.717, 1.165) is 13.0 Å². The third-order valence-electron chi connectivity index (χ3n) is 3.66. The van der Waals surface area contributed by atoms with Gasteiger partial charge in [-0.3, -0.25) is 9.59 Å². The van der Waals surface area contributed by atoms with Gasteiger partial charge < -0.3 is 15.5 Å². The number of carbonyl (C=O) groups excluding carboxylic acids is 2. The lowest BCUT2D eigenvalue weighted by molar-refractivity contribution is -0.137. The van der Waals surface area contributed by atoms with Gasteiger partial charge in [0.1, 0.15) is 0 Å². The van der Waals surface area contributed by atoms with Crippen molar-refractivity contribution in [2.75, 3.05) is 26.2 Å². The second-order valence-electron chi connectivity index (χ2n) is 5.15. The van der Waals surface area contributed by atoms with Gasteiger partial charge in [-0.05, 0) is 19.8 Å². The molecular weight excluding hydrogens is 230 g/mol. The quantitative estimate of drug-likeness (QED) is 0.802. The third kappa shape index (κ3) is 3.45. The molecule has 0 aliphatic carbocycles. The van der Waals surface area contributed by atoms with Gasteiger partial charge in [-0.1, -0.05) is 13.8 Å². The fraction of sp³-hybridized carbons (Fsp3) is 0.846. The van der Waals surface area contributed by atoms with Crippen molar-refractivity contribution in [1.82, 2.24) is 9.80 Å². The lowest BCUT2D eigenvalue weighted by Gasteiger charge is -2.30. The zero-order chi connectivity index (χ0) is 13.8. The molecular formula is C13H25N3O2. The fourth-order valence-electron chi connectivity index (χ4n) is 2.11. The van der Waals surface area contributed by atoms with Crippen LogP contribution >= 0.6 is 0 Å². The van der Waals surface area contributed by atoms with Crippen LogP contribution in [0.5, 0.6) is 0 Å². The van der Waals surface area contributed by atoms with Gasteiger partial charge in [-0.2, -0.15) is 0 Å². The van der Waals surface area contributed by atoms with Crippen molar-refractivity contribution in [1.29, 1.82) is 0 Å². The minimum atomic E-state index is -0.788. The molecule has 0 radical (unpaired) electrons. The van der Waals surface area contributed by atoms with Crippen molar-refractivity contribution in [2.24, 2.45) is 5.73 Å². The van der Waals surface area contributed by atoms with E-state index in [1.165, 1.54) is 0 Å². The first kappa shape index (κ1) is 15.0. The van der Waals surface area contributed by atoms with E-state index in [1.807, 2.05) is 18.7 Å². The van der Waals surface area contributed by atoms with Crippen LogP contribution in [0.4, 0.5) is 0 Å². The van der Waals surface area contributed by atoms with Gasteiger partial charge in [0.15, 0.2) is 0 Å². The number of nitrogens with two attached hydrogens (primary N) is 1. The van der Waals surface area contributed by atoms with E-state index in [9.17, 15) is 9.59 Å². The molecule has 2 amide bonds. The molecule has 1 fully saturated rings. The summed E-state index contributed by atoms with van der Waals surface area (Å²) < 4.78 is 0. The molecule has 0 aromatic rings. The van der Waals surface area contributed by atoms with Gasteiger partial charge in [0.05, 0.1) is 5.54 Å². The number of amides is 2. The minimum Gasteiger partial charge on any atom is -0.341 e. The molecule has 1 heterocycles. The van der Waals surface area contributed by atoms with Crippen LogP contribution in [-0.2, 0) is 9.59 Å². The Balaban J connectivity index is 2.62. The predicted octanol–water partition coefficient (Wildman–Crippen LogP) is 0.585. The number of carbonyl (C=O) groups is 2. The molecule has 18 heavy (non-hydrogen) atoms. The summed E-state index contributed by atoms with van der Waals surface area (Å²) in [6.45, 7) is 8.21.